The summed E-state index contributed by atoms with van der Waals surface area (Å²) < 4.78 is 6.76. The van der Waals surface area contributed by atoms with Crippen molar-refractivity contribution in [2.45, 2.75) is 26.8 Å². The van der Waals surface area contributed by atoms with Gasteiger partial charge in [0.25, 0.3) is 5.56 Å². The van der Waals surface area contributed by atoms with E-state index in [9.17, 15) is 4.79 Å². The average Bonchev–Trinajstić information content (AvgIpc) is 2.67. The van der Waals surface area contributed by atoms with E-state index >= 15 is 0 Å². The van der Waals surface area contributed by atoms with Gasteiger partial charge < -0.3 is 8.98 Å². The van der Waals surface area contributed by atoms with Crippen LogP contribution in [0.5, 0.6) is 0 Å². The monoisotopic (exact) mass is 219 g/mol. The minimum absolute atomic E-state index is 0.0461. The highest BCUT2D eigenvalue weighted by atomic mass is 16.4. The first kappa shape index (κ1) is 10.6. The van der Waals surface area contributed by atoms with Gasteiger partial charge in [0.15, 0.2) is 0 Å². The molecule has 2 aromatic rings. The van der Waals surface area contributed by atoms with Gasteiger partial charge in [-0.15, -0.1) is 10.2 Å². The Balaban J connectivity index is 2.25. The third-order valence-corrected chi connectivity index (χ3v) is 2.34. The van der Waals surface area contributed by atoms with Gasteiger partial charge in [0.05, 0.1) is 0 Å². The maximum atomic E-state index is 11.7. The second-order valence-electron chi connectivity index (χ2n) is 3.57. The van der Waals surface area contributed by atoms with Crippen LogP contribution in [0.15, 0.2) is 27.5 Å². The first-order chi connectivity index (χ1) is 7.69. The van der Waals surface area contributed by atoms with Gasteiger partial charge in [-0.05, 0) is 18.1 Å². The van der Waals surface area contributed by atoms with Crippen molar-refractivity contribution in [3.63, 3.8) is 0 Å². The van der Waals surface area contributed by atoms with Crippen LogP contribution in [0.1, 0.15) is 24.3 Å². The van der Waals surface area contributed by atoms with E-state index in [1.807, 2.05) is 13.0 Å². The molecule has 0 saturated heterocycles. The second kappa shape index (κ2) is 4.30. The summed E-state index contributed by atoms with van der Waals surface area (Å²) in [6.45, 7) is 4.06. The Bertz CT molecular complexity index is 542. The lowest BCUT2D eigenvalue weighted by Gasteiger charge is -2.02. The second-order valence-corrected chi connectivity index (χ2v) is 3.57. The van der Waals surface area contributed by atoms with Crippen molar-refractivity contribution < 1.29 is 4.42 Å². The number of hydrogen-bond acceptors (Lipinski definition) is 4. The van der Waals surface area contributed by atoms with E-state index in [-0.39, 0.29) is 5.56 Å². The molecule has 0 N–H and O–H groups in total. The van der Waals surface area contributed by atoms with Crippen molar-refractivity contribution in [2.75, 3.05) is 0 Å². The van der Waals surface area contributed by atoms with Crippen LogP contribution in [0.3, 0.4) is 0 Å². The van der Waals surface area contributed by atoms with Crippen molar-refractivity contribution in [1.82, 2.24) is 14.8 Å². The highest BCUT2D eigenvalue weighted by molar-refractivity contribution is 5.10. The Kier molecular flexibility index (Phi) is 2.85. The van der Waals surface area contributed by atoms with E-state index in [0.29, 0.717) is 18.3 Å². The number of aryl methyl sites for hydroxylation is 2. The van der Waals surface area contributed by atoms with Crippen LogP contribution in [0, 0.1) is 6.92 Å². The van der Waals surface area contributed by atoms with E-state index in [1.165, 1.54) is 0 Å². The van der Waals surface area contributed by atoms with Gasteiger partial charge in [-0.25, -0.2) is 0 Å². The number of hydrogen-bond donors (Lipinski definition) is 0. The van der Waals surface area contributed by atoms with Gasteiger partial charge in [-0.2, -0.15) is 0 Å². The van der Waals surface area contributed by atoms with E-state index < -0.39 is 0 Å². The molecule has 0 spiro atoms. The van der Waals surface area contributed by atoms with Crippen molar-refractivity contribution in [3.05, 3.63) is 46.0 Å². The Morgan fingerprint density at radius 2 is 2.25 bits per heavy atom. The summed E-state index contributed by atoms with van der Waals surface area (Å²) in [6.07, 6.45) is 2.61. The average molecular weight is 219 g/mol. The third kappa shape index (κ3) is 2.18. The molecule has 0 amide bonds. The summed E-state index contributed by atoms with van der Waals surface area (Å²) in [7, 11) is 0. The van der Waals surface area contributed by atoms with E-state index in [2.05, 4.69) is 10.2 Å². The van der Waals surface area contributed by atoms with Gasteiger partial charge in [-0.1, -0.05) is 6.92 Å². The maximum Gasteiger partial charge on any atom is 0.251 e. The number of pyridine rings is 1. The summed E-state index contributed by atoms with van der Waals surface area (Å²) in [6, 6.07) is 3.55. The molecule has 0 bridgehead atoms. The quantitative estimate of drug-likeness (QED) is 0.777. The van der Waals surface area contributed by atoms with Crippen LogP contribution in [0.4, 0.5) is 0 Å². The summed E-state index contributed by atoms with van der Waals surface area (Å²) in [5.41, 5.74) is 0.984. The normalized spacial score (nSPS) is 10.6. The van der Waals surface area contributed by atoms with Gasteiger partial charge >= 0.3 is 0 Å². The lowest BCUT2D eigenvalue weighted by atomic mass is 10.2. The zero-order valence-corrected chi connectivity index (χ0v) is 9.30. The molecular weight excluding hydrogens is 206 g/mol. The molecule has 0 aliphatic carbocycles. The zero-order chi connectivity index (χ0) is 11.5. The molecule has 0 atom stereocenters. The predicted molar refractivity (Wildman–Crippen MR) is 58.2 cm³/mol. The first-order valence-electron chi connectivity index (χ1n) is 5.17. The van der Waals surface area contributed by atoms with E-state index in [1.54, 1.807) is 23.8 Å². The smallest absolute Gasteiger partial charge is 0.251 e. The molecule has 16 heavy (non-hydrogen) atoms. The van der Waals surface area contributed by atoms with Crippen LogP contribution < -0.4 is 5.56 Å². The number of nitrogens with zero attached hydrogens (tertiary/aromatic N) is 3. The summed E-state index contributed by atoms with van der Waals surface area (Å²) in [5, 5.41) is 7.56. The Morgan fingerprint density at radius 3 is 2.81 bits per heavy atom. The maximum absolute atomic E-state index is 11.7. The highest BCUT2D eigenvalue weighted by Crippen LogP contribution is 2.01. The molecule has 0 aliphatic rings. The van der Waals surface area contributed by atoms with Crippen LogP contribution in [-0.2, 0) is 13.0 Å². The first-order valence-corrected chi connectivity index (χ1v) is 5.17. The fourth-order valence-corrected chi connectivity index (χ4v) is 1.45. The molecule has 0 unspecified atom stereocenters. The summed E-state index contributed by atoms with van der Waals surface area (Å²) >= 11 is 0. The lowest BCUT2D eigenvalue weighted by Crippen LogP contribution is -2.19. The van der Waals surface area contributed by atoms with Gasteiger partial charge in [0, 0.05) is 19.2 Å². The third-order valence-electron chi connectivity index (χ3n) is 2.34. The van der Waals surface area contributed by atoms with Crippen LogP contribution in [-0.4, -0.2) is 14.8 Å². The molecule has 5 nitrogen and oxygen atoms in total. The zero-order valence-electron chi connectivity index (χ0n) is 9.30. The molecular formula is C11H13N3O2. The minimum Gasteiger partial charge on any atom is -0.424 e. The van der Waals surface area contributed by atoms with Crippen molar-refractivity contribution in [3.8, 4) is 0 Å². The van der Waals surface area contributed by atoms with Gasteiger partial charge in [0.1, 0.15) is 6.54 Å². The molecule has 0 fully saturated rings. The molecule has 0 saturated carbocycles. The molecule has 2 heterocycles. The fraction of sp³-hybridized carbons (Fsp3) is 0.364. The lowest BCUT2D eigenvalue weighted by molar-refractivity contribution is 0.451. The standard InChI is InChI=1S/C11H13N3O2/c1-3-9-4-5-14(11(15)6-9)7-10-13-12-8(2)16-10/h4-6H,3,7H2,1-2H3. The van der Waals surface area contributed by atoms with Gasteiger partial charge in [0.2, 0.25) is 11.8 Å². The Morgan fingerprint density at radius 1 is 1.44 bits per heavy atom. The number of rotatable bonds is 3. The fourth-order valence-electron chi connectivity index (χ4n) is 1.45. The van der Waals surface area contributed by atoms with Crippen LogP contribution in [0.2, 0.25) is 0 Å². The Labute approximate surface area is 92.7 Å². The van der Waals surface area contributed by atoms with Crippen LogP contribution >= 0.6 is 0 Å². The minimum atomic E-state index is -0.0461. The van der Waals surface area contributed by atoms with Gasteiger partial charge in [-0.3, -0.25) is 4.79 Å². The topological polar surface area (TPSA) is 60.9 Å². The molecule has 0 aliphatic heterocycles. The van der Waals surface area contributed by atoms with E-state index in [4.69, 9.17) is 4.42 Å². The Hall–Kier alpha value is -1.91. The summed E-state index contributed by atoms with van der Waals surface area (Å²) in [5.74, 6) is 0.956. The SMILES string of the molecule is CCc1ccn(Cc2nnc(C)o2)c(=O)c1. The molecule has 0 radical (unpaired) electrons. The largest absolute Gasteiger partial charge is 0.424 e. The predicted octanol–water partition coefficient (Wildman–Crippen LogP) is 1.15. The molecule has 2 rings (SSSR count). The highest BCUT2D eigenvalue weighted by Gasteiger charge is 2.04. The summed E-state index contributed by atoms with van der Waals surface area (Å²) in [4.78, 5) is 11.7. The van der Waals surface area contributed by atoms with Crippen LogP contribution in [0.25, 0.3) is 0 Å². The molecule has 0 aromatic carbocycles. The molecule has 84 valence electrons. The van der Waals surface area contributed by atoms with E-state index in [0.717, 1.165) is 12.0 Å². The number of aromatic nitrogens is 3. The molecule has 5 heteroatoms. The molecule has 2 aromatic heterocycles. The van der Waals surface area contributed by atoms with Crippen molar-refractivity contribution in [2.24, 2.45) is 0 Å². The van der Waals surface area contributed by atoms with Crippen molar-refractivity contribution in [1.29, 1.82) is 0 Å². The van der Waals surface area contributed by atoms with Crippen molar-refractivity contribution >= 4 is 0 Å².